The molecular weight excluding hydrogens is 952 g/mol. The van der Waals surface area contributed by atoms with Gasteiger partial charge in [-0.3, -0.25) is 4.79 Å². The maximum atomic E-state index is 9.58. The summed E-state index contributed by atoms with van der Waals surface area (Å²) in [5.74, 6) is 0.433. The van der Waals surface area contributed by atoms with Gasteiger partial charge in [0.1, 0.15) is 0 Å². The van der Waals surface area contributed by atoms with Gasteiger partial charge in [0.15, 0.2) is 0 Å². The summed E-state index contributed by atoms with van der Waals surface area (Å²) in [6, 6.07) is 25.3. The molecule has 0 radical (unpaired) electrons. The molecule has 3 heterocycles. The Morgan fingerprint density at radius 3 is 1.22 bits per heavy atom. The minimum absolute atomic E-state index is 0. The molecule has 0 amide bonds. The third-order valence-corrected chi connectivity index (χ3v) is 9.09. The van der Waals surface area contributed by atoms with E-state index in [1.54, 1.807) is 18.0 Å². The van der Waals surface area contributed by atoms with Crippen molar-refractivity contribution < 1.29 is 29.0 Å². The molecule has 0 fully saturated rings. The number of fused-ring (bicyclic) bond motifs is 3. The molecule has 3 atom stereocenters. The van der Waals surface area contributed by atoms with Crippen molar-refractivity contribution in [2.45, 2.75) is 65.5 Å². The third-order valence-electron chi connectivity index (χ3n) is 7.97. The van der Waals surface area contributed by atoms with E-state index in [1.165, 1.54) is 56.6 Å². The number of hydrogen-bond acceptors (Lipinski definition) is 10. The van der Waals surface area contributed by atoms with Crippen LogP contribution in [0.4, 0.5) is 0 Å². The summed E-state index contributed by atoms with van der Waals surface area (Å²) < 4.78 is 17.2. The number of benzene rings is 3. The van der Waals surface area contributed by atoms with E-state index < -0.39 is 5.97 Å². The second-order valence-electron chi connectivity index (χ2n) is 11.4. The molecule has 276 valence electrons. The van der Waals surface area contributed by atoms with Crippen molar-refractivity contribution in [2.24, 2.45) is 11.5 Å². The molecule has 0 aromatic heterocycles. The van der Waals surface area contributed by atoms with Crippen LogP contribution in [-0.4, -0.2) is 79.8 Å². The Morgan fingerprint density at radius 1 is 0.667 bits per heavy atom. The Morgan fingerprint density at radius 2 is 0.980 bits per heavy atom. The van der Waals surface area contributed by atoms with Gasteiger partial charge in [-0.25, -0.2) is 0 Å². The maximum absolute atomic E-state index is 9.58. The topological polar surface area (TPSA) is 137 Å². The van der Waals surface area contributed by atoms with E-state index >= 15 is 0 Å². The number of hydrogen-bond donors (Lipinski definition) is 4. The molecular formula is C36H57B3N2O6RfS3. The number of aliphatic hydroxyl groups is 1. The Bertz CT molecular complexity index is 1220. The Balaban J connectivity index is 0.000000619. The first-order chi connectivity index (χ1) is 24.1. The molecule has 15 heteroatoms. The zero-order chi connectivity index (χ0) is 37.5. The first-order valence-corrected chi connectivity index (χ1v) is 21.2. The second-order valence-corrected chi connectivity index (χ2v) is 14.1. The number of thioether (sulfide) groups is 3. The molecule has 3 unspecified atom stereocenters. The first kappa shape index (κ1) is 48.1. The van der Waals surface area contributed by atoms with E-state index in [9.17, 15) is 4.79 Å². The predicted molar refractivity (Wildman–Crippen MR) is 223 cm³/mol. The van der Waals surface area contributed by atoms with Crippen LogP contribution in [0.15, 0.2) is 72.8 Å². The van der Waals surface area contributed by atoms with Gasteiger partial charge in [0.25, 0.3) is 0 Å². The largest absolute Gasteiger partial charge is 0.481 e. The minimum Gasteiger partial charge on any atom is -0.481 e. The number of carboxylic acid groups (broad SMARTS) is 1. The molecule has 3 aliphatic heterocycles. The smallest absolute Gasteiger partial charge is 0.324 e. The van der Waals surface area contributed by atoms with Gasteiger partial charge in [0, 0.05) is 12.4 Å². The molecule has 51 heavy (non-hydrogen) atoms. The van der Waals surface area contributed by atoms with Gasteiger partial charge in [-0.15, -0.1) is 11.8 Å². The Kier molecular flexibility index (Phi) is 26.2. The molecule has 3 aromatic carbocycles. The predicted octanol–water partition coefficient (Wildman–Crippen LogP) is 5.54. The average Bonchev–Trinajstić information content (AvgIpc) is 3.78. The number of nitrogens with two attached hydrogens (primary N) is 2. The fraction of sp³-hybridized carbons (Fsp3) is 0.472. The van der Waals surface area contributed by atoms with Crippen LogP contribution < -0.4 is 27.9 Å². The molecule has 3 aliphatic rings. The first-order valence-electron chi connectivity index (χ1n) is 17.0. The van der Waals surface area contributed by atoms with Crippen molar-refractivity contribution in [1.82, 2.24) is 0 Å². The standard InChI is InChI=1S/2C10H13BO.C9H12BNO.C3H6O2S.C2H7NS.C2H6OS.Rf/c2*1-3-10-8-6-4-5-7-9(8)11(2)12-10;1-10-8-5-3-2-4-7(8)9(6-11)12-10;1-6-2-3(4)5;2*1-4-2-3;/h2*4-7,10H,3H2,1-2H3;2-5,9H,6,11H2,1H3;2H2,1H3,(H,4,5);2-3H2,1H3;3H,2H2,1H3;. The molecule has 0 spiro atoms. The molecule has 8 nitrogen and oxygen atoms in total. The van der Waals surface area contributed by atoms with Crippen LogP contribution >= 0.6 is 35.3 Å². The van der Waals surface area contributed by atoms with Crippen molar-refractivity contribution in [3.05, 3.63) is 89.5 Å². The average molecular weight is 1010 g/mol. The fourth-order valence-electron chi connectivity index (χ4n) is 5.64. The zero-order valence-corrected chi connectivity index (χ0v) is 40.6. The molecule has 3 aromatic rings. The molecule has 0 saturated heterocycles. The molecule has 0 saturated carbocycles. The summed E-state index contributed by atoms with van der Waals surface area (Å²) in [5, 5.41) is 15.7. The maximum Gasteiger partial charge on any atom is 0.324 e. The van der Waals surface area contributed by atoms with Crippen LogP contribution in [0.3, 0.4) is 0 Å². The number of carboxylic acids is 1. The third kappa shape index (κ3) is 16.1. The summed E-state index contributed by atoms with van der Waals surface area (Å²) in [7, 11) is 0. The Labute approximate surface area is 315 Å². The summed E-state index contributed by atoms with van der Waals surface area (Å²) in [4.78, 5) is 9.58. The van der Waals surface area contributed by atoms with Crippen molar-refractivity contribution in [2.75, 3.05) is 42.9 Å². The summed E-state index contributed by atoms with van der Waals surface area (Å²) in [6.07, 6.45) is 8.49. The van der Waals surface area contributed by atoms with Gasteiger partial charge in [0.2, 0.25) is 0 Å². The van der Waals surface area contributed by atoms with E-state index in [4.69, 9.17) is 35.6 Å². The van der Waals surface area contributed by atoms with Crippen molar-refractivity contribution >= 4 is 78.4 Å². The van der Waals surface area contributed by atoms with Crippen LogP contribution in [0.25, 0.3) is 0 Å². The van der Waals surface area contributed by atoms with E-state index in [2.05, 4.69) is 95.0 Å². The molecule has 0 aliphatic carbocycles. The van der Waals surface area contributed by atoms with Crippen molar-refractivity contribution in [3.8, 4) is 0 Å². The van der Waals surface area contributed by atoms with E-state index in [1.807, 2.05) is 24.6 Å². The van der Waals surface area contributed by atoms with Gasteiger partial charge in [-0.1, -0.05) is 107 Å². The number of carbonyl (C=O) groups is 1. The Hall–Kier alpha value is -2.87. The van der Waals surface area contributed by atoms with Crippen LogP contribution in [0.2, 0.25) is 20.5 Å². The van der Waals surface area contributed by atoms with Crippen molar-refractivity contribution in [1.29, 1.82) is 0 Å². The second kappa shape index (κ2) is 27.7. The molecule has 6 N–H and O–H groups in total. The van der Waals surface area contributed by atoms with Crippen LogP contribution in [0.1, 0.15) is 61.7 Å². The normalized spacial score (nSPS) is 17.1. The van der Waals surface area contributed by atoms with E-state index in [0.29, 0.717) is 18.8 Å². The monoisotopic (exact) mass is 1010 g/mol. The van der Waals surface area contributed by atoms with Crippen LogP contribution in [-0.2, 0) is 18.8 Å². The minimum atomic E-state index is -0.748. The van der Waals surface area contributed by atoms with Gasteiger partial charge in [0.05, 0.1) is 30.0 Å². The quantitative estimate of drug-likeness (QED) is 0.176. The number of aliphatic carboxylic acids is 1. The fourth-order valence-corrected chi connectivity index (χ4v) is 5.89. The van der Waals surface area contributed by atoms with E-state index in [-0.39, 0.29) is 38.5 Å². The molecule has 0 bridgehead atoms. The van der Waals surface area contributed by atoms with Gasteiger partial charge < -0.3 is 35.6 Å². The summed E-state index contributed by atoms with van der Waals surface area (Å²) in [5.41, 5.74) is 18.6. The summed E-state index contributed by atoms with van der Waals surface area (Å²) >= 11 is 4.36. The van der Waals surface area contributed by atoms with Crippen LogP contribution in [0.5, 0.6) is 0 Å². The number of aliphatic hydroxyl groups excluding tert-OH is 1. The van der Waals surface area contributed by atoms with Crippen LogP contribution in [0, 0.1) is 0 Å². The number of rotatable bonds is 7. The zero-order valence-electron chi connectivity index (χ0n) is 31.7. The van der Waals surface area contributed by atoms with Gasteiger partial charge >= 0.3 is 26.7 Å². The summed E-state index contributed by atoms with van der Waals surface area (Å²) in [6.45, 7) is 12.0. The SMILES string of the molecule is CB1OC(CN)c2ccccc21.CCC1OB(C)c2ccccc21.CCC1OB(C)c2ccccc21.CSCC(=O)O.CSCN.CSCO.[Rf]. The van der Waals surface area contributed by atoms with Gasteiger partial charge in [-0.2, -0.15) is 23.5 Å². The van der Waals surface area contributed by atoms with Crippen molar-refractivity contribution in [3.63, 3.8) is 0 Å². The van der Waals surface area contributed by atoms with E-state index in [0.717, 1.165) is 18.7 Å². The van der Waals surface area contributed by atoms with Gasteiger partial charge in [-0.05, 0) is 64.7 Å². The molecule has 6 rings (SSSR count).